The van der Waals surface area contributed by atoms with Gasteiger partial charge in [0, 0.05) is 11.9 Å². The van der Waals surface area contributed by atoms with Crippen molar-refractivity contribution < 1.29 is 17.9 Å². The summed E-state index contributed by atoms with van der Waals surface area (Å²) >= 11 is 1.42. The van der Waals surface area contributed by atoms with Gasteiger partial charge < -0.3 is 10.1 Å². The zero-order chi connectivity index (χ0) is 13.6. The largest absolute Gasteiger partial charge is 0.411 e. The summed E-state index contributed by atoms with van der Waals surface area (Å²) in [6.07, 6.45) is -4.28. The lowest BCUT2D eigenvalue weighted by atomic mass is 10.2. The van der Waals surface area contributed by atoms with Gasteiger partial charge in [0.25, 0.3) is 0 Å². The number of rotatable bonds is 7. The van der Waals surface area contributed by atoms with E-state index in [1.807, 2.05) is 0 Å². The maximum absolute atomic E-state index is 11.9. The van der Waals surface area contributed by atoms with Crippen LogP contribution in [-0.4, -0.2) is 24.3 Å². The molecule has 0 aromatic carbocycles. The number of hydrogen-bond donors (Lipinski definition) is 1. The van der Waals surface area contributed by atoms with E-state index < -0.39 is 12.8 Å². The van der Waals surface area contributed by atoms with Crippen molar-refractivity contribution in [3.05, 3.63) is 16.1 Å². The first-order valence-electron chi connectivity index (χ1n) is 5.65. The van der Waals surface area contributed by atoms with E-state index in [1.54, 1.807) is 5.38 Å². The smallest absolute Gasteiger partial charge is 0.366 e. The number of ether oxygens (including phenoxy) is 1. The quantitative estimate of drug-likeness (QED) is 0.835. The van der Waals surface area contributed by atoms with Gasteiger partial charge in [-0.3, -0.25) is 0 Å². The van der Waals surface area contributed by atoms with Gasteiger partial charge >= 0.3 is 6.18 Å². The number of thiazole rings is 1. The molecular formula is C11H17F3N2OS. The first kappa shape index (κ1) is 15.4. The molecule has 1 heterocycles. The van der Waals surface area contributed by atoms with E-state index in [-0.39, 0.29) is 6.61 Å². The van der Waals surface area contributed by atoms with Crippen LogP contribution in [-0.2, 0) is 17.9 Å². The maximum atomic E-state index is 11.9. The first-order chi connectivity index (χ1) is 8.37. The normalized spacial score (nSPS) is 12.3. The van der Waals surface area contributed by atoms with Gasteiger partial charge in [-0.2, -0.15) is 13.2 Å². The van der Waals surface area contributed by atoms with Crippen molar-refractivity contribution in [2.45, 2.75) is 33.2 Å². The molecule has 1 aromatic heterocycles. The zero-order valence-corrected chi connectivity index (χ0v) is 11.2. The molecule has 0 saturated heterocycles. The minimum atomic E-state index is -4.28. The third-order valence-electron chi connectivity index (χ3n) is 1.94. The summed E-state index contributed by atoms with van der Waals surface area (Å²) in [5.41, 5.74) is 0.547. The Morgan fingerprint density at radius 2 is 2.17 bits per heavy atom. The number of nitrogens with one attached hydrogen (secondary N) is 1. The molecule has 1 N–H and O–H groups in total. The van der Waals surface area contributed by atoms with Crippen molar-refractivity contribution in [2.75, 3.05) is 13.2 Å². The number of halogens is 3. The first-order valence-corrected chi connectivity index (χ1v) is 6.53. The summed E-state index contributed by atoms with van der Waals surface area (Å²) in [5, 5.41) is 5.81. The number of aromatic nitrogens is 1. The summed E-state index contributed by atoms with van der Waals surface area (Å²) < 4.78 is 40.1. The highest BCUT2D eigenvalue weighted by Crippen LogP contribution is 2.16. The van der Waals surface area contributed by atoms with Crippen LogP contribution in [0.3, 0.4) is 0 Å². The molecule has 0 amide bonds. The van der Waals surface area contributed by atoms with Crippen LogP contribution in [0.15, 0.2) is 5.38 Å². The molecular weight excluding hydrogens is 265 g/mol. The molecule has 0 aliphatic rings. The van der Waals surface area contributed by atoms with Crippen LogP contribution < -0.4 is 5.32 Å². The van der Waals surface area contributed by atoms with E-state index in [9.17, 15) is 13.2 Å². The highest BCUT2D eigenvalue weighted by Gasteiger charge is 2.27. The Hall–Kier alpha value is -0.660. The molecule has 1 rings (SSSR count). The van der Waals surface area contributed by atoms with Gasteiger partial charge in [-0.1, -0.05) is 13.8 Å². The molecule has 0 radical (unpaired) electrons. The Morgan fingerprint density at radius 3 is 2.78 bits per heavy atom. The number of nitrogens with zero attached hydrogens (tertiary/aromatic N) is 1. The fraction of sp³-hybridized carbons (Fsp3) is 0.727. The summed E-state index contributed by atoms with van der Waals surface area (Å²) in [5.74, 6) is 0.555. The van der Waals surface area contributed by atoms with E-state index in [0.29, 0.717) is 18.2 Å². The lowest BCUT2D eigenvalue weighted by molar-refractivity contribution is -0.176. The van der Waals surface area contributed by atoms with Gasteiger partial charge in [0.2, 0.25) is 0 Å². The minimum Gasteiger partial charge on any atom is -0.366 e. The highest BCUT2D eigenvalue weighted by molar-refractivity contribution is 7.09. The molecule has 18 heavy (non-hydrogen) atoms. The van der Waals surface area contributed by atoms with E-state index in [2.05, 4.69) is 28.9 Å². The van der Waals surface area contributed by atoms with Crippen LogP contribution in [0.4, 0.5) is 13.2 Å². The lowest BCUT2D eigenvalue weighted by Crippen LogP contribution is -2.19. The molecule has 0 saturated carbocycles. The van der Waals surface area contributed by atoms with Crippen LogP contribution in [0.1, 0.15) is 24.5 Å². The predicted octanol–water partition coefficient (Wildman–Crippen LogP) is 2.97. The van der Waals surface area contributed by atoms with E-state index in [1.165, 1.54) is 11.3 Å². The SMILES string of the molecule is CC(C)CNCc1nc(COCC(F)(F)F)cs1. The molecule has 0 bridgehead atoms. The second-order valence-corrected chi connectivity index (χ2v) is 5.31. The van der Waals surface area contributed by atoms with Crippen molar-refractivity contribution in [3.8, 4) is 0 Å². The van der Waals surface area contributed by atoms with Crippen molar-refractivity contribution in [2.24, 2.45) is 5.92 Å². The molecule has 3 nitrogen and oxygen atoms in total. The molecule has 0 unspecified atom stereocenters. The standard InChI is InChI=1S/C11H17F3N2OS/c1-8(2)3-15-4-10-16-9(6-18-10)5-17-7-11(12,13)14/h6,8,15H,3-5,7H2,1-2H3. The Morgan fingerprint density at radius 1 is 1.44 bits per heavy atom. The van der Waals surface area contributed by atoms with Gasteiger partial charge in [0.1, 0.15) is 11.6 Å². The molecule has 0 atom stereocenters. The third kappa shape index (κ3) is 6.93. The molecule has 0 aliphatic carbocycles. The van der Waals surface area contributed by atoms with E-state index >= 15 is 0 Å². The minimum absolute atomic E-state index is 0.0970. The topological polar surface area (TPSA) is 34.2 Å². The Bertz CT molecular complexity index is 352. The summed E-state index contributed by atoms with van der Waals surface area (Å²) in [7, 11) is 0. The second-order valence-electron chi connectivity index (χ2n) is 4.37. The van der Waals surface area contributed by atoms with Crippen LogP contribution in [0.5, 0.6) is 0 Å². The lowest BCUT2D eigenvalue weighted by Gasteiger charge is -2.06. The molecule has 0 aliphatic heterocycles. The van der Waals surface area contributed by atoms with Crippen LogP contribution >= 0.6 is 11.3 Å². The molecule has 7 heteroatoms. The van der Waals surface area contributed by atoms with Crippen LogP contribution in [0, 0.1) is 5.92 Å². The molecule has 0 fully saturated rings. The van der Waals surface area contributed by atoms with Gasteiger partial charge in [-0.15, -0.1) is 11.3 Å². The van der Waals surface area contributed by atoms with Gasteiger partial charge in [-0.25, -0.2) is 4.98 Å². The van der Waals surface area contributed by atoms with Crippen LogP contribution in [0.2, 0.25) is 0 Å². The highest BCUT2D eigenvalue weighted by atomic mass is 32.1. The molecule has 0 spiro atoms. The van der Waals surface area contributed by atoms with E-state index in [0.717, 1.165) is 11.6 Å². The Kier molecular flexibility index (Phi) is 6.04. The van der Waals surface area contributed by atoms with Crippen molar-refractivity contribution in [1.82, 2.24) is 10.3 Å². The average Bonchev–Trinajstić information content (AvgIpc) is 2.63. The maximum Gasteiger partial charge on any atom is 0.411 e. The third-order valence-corrected chi connectivity index (χ3v) is 2.84. The van der Waals surface area contributed by atoms with Crippen molar-refractivity contribution in [3.63, 3.8) is 0 Å². The van der Waals surface area contributed by atoms with Gasteiger partial charge in [0.05, 0.1) is 12.3 Å². The number of alkyl halides is 3. The van der Waals surface area contributed by atoms with E-state index in [4.69, 9.17) is 0 Å². The monoisotopic (exact) mass is 282 g/mol. The molecule has 1 aromatic rings. The fourth-order valence-corrected chi connectivity index (χ4v) is 1.98. The second kappa shape index (κ2) is 7.06. The summed E-state index contributed by atoms with van der Waals surface area (Å²) in [4.78, 5) is 4.19. The molecule has 104 valence electrons. The Labute approximate surface area is 108 Å². The van der Waals surface area contributed by atoms with Gasteiger partial charge in [-0.05, 0) is 12.5 Å². The zero-order valence-electron chi connectivity index (χ0n) is 10.4. The fourth-order valence-electron chi connectivity index (χ4n) is 1.24. The van der Waals surface area contributed by atoms with Crippen molar-refractivity contribution >= 4 is 11.3 Å². The van der Waals surface area contributed by atoms with Crippen LogP contribution in [0.25, 0.3) is 0 Å². The summed E-state index contributed by atoms with van der Waals surface area (Å²) in [6, 6.07) is 0. The Balaban J connectivity index is 2.26. The van der Waals surface area contributed by atoms with Crippen molar-refractivity contribution in [1.29, 1.82) is 0 Å². The summed E-state index contributed by atoms with van der Waals surface area (Å²) in [6.45, 7) is 4.41. The predicted molar refractivity (Wildman–Crippen MR) is 64.4 cm³/mol. The average molecular weight is 282 g/mol. The number of hydrogen-bond acceptors (Lipinski definition) is 4. The van der Waals surface area contributed by atoms with Gasteiger partial charge in [0.15, 0.2) is 0 Å².